The summed E-state index contributed by atoms with van der Waals surface area (Å²) in [6, 6.07) is 11.5. The third-order valence-electron chi connectivity index (χ3n) is 4.73. The number of nitrogens with one attached hydrogen (secondary N) is 1. The molecule has 3 aromatic rings. The van der Waals surface area contributed by atoms with Gasteiger partial charge in [-0.3, -0.25) is 9.36 Å². The first-order valence-corrected chi connectivity index (χ1v) is 9.75. The summed E-state index contributed by atoms with van der Waals surface area (Å²) in [4.78, 5) is 20.1. The zero-order chi connectivity index (χ0) is 20.6. The van der Waals surface area contributed by atoms with Gasteiger partial charge in [0.25, 0.3) is 5.91 Å². The highest BCUT2D eigenvalue weighted by atomic mass is 16.5. The van der Waals surface area contributed by atoms with Crippen LogP contribution >= 0.6 is 0 Å². The molecule has 1 aromatic carbocycles. The van der Waals surface area contributed by atoms with Gasteiger partial charge in [-0.25, -0.2) is 9.97 Å². The molecule has 2 heterocycles. The Morgan fingerprint density at radius 1 is 1.24 bits per heavy atom. The standard InChI is InChI=1S/C22H27N5O2/c1-16(6-5-13-29-20-8-4-3-7-19(20)22(23)28)25-14-18-9-10-21(26-15-18)27-12-11-24-17(27)2/h3-4,7-12,15-16,25H,5-6,13-14H2,1-2H3,(H2,23,28)/t16-/m1/s1. The van der Waals surface area contributed by atoms with E-state index in [4.69, 9.17) is 10.5 Å². The van der Waals surface area contributed by atoms with Gasteiger partial charge in [0.15, 0.2) is 0 Å². The van der Waals surface area contributed by atoms with Crippen LogP contribution in [0.25, 0.3) is 5.82 Å². The number of aryl methyl sites for hydroxylation is 1. The first-order chi connectivity index (χ1) is 14.0. The van der Waals surface area contributed by atoms with Crippen LogP contribution in [-0.2, 0) is 6.54 Å². The van der Waals surface area contributed by atoms with Crippen molar-refractivity contribution >= 4 is 5.91 Å². The lowest BCUT2D eigenvalue weighted by Crippen LogP contribution is -2.26. The number of benzene rings is 1. The number of rotatable bonds is 10. The normalized spacial score (nSPS) is 11.9. The van der Waals surface area contributed by atoms with E-state index in [2.05, 4.69) is 28.3 Å². The first kappa shape index (κ1) is 20.5. The van der Waals surface area contributed by atoms with Crippen molar-refractivity contribution in [3.63, 3.8) is 0 Å². The smallest absolute Gasteiger partial charge is 0.252 e. The highest BCUT2D eigenvalue weighted by Gasteiger charge is 2.09. The van der Waals surface area contributed by atoms with Crippen LogP contribution in [0, 0.1) is 6.92 Å². The third kappa shape index (κ3) is 5.65. The second-order valence-electron chi connectivity index (χ2n) is 7.00. The molecule has 152 valence electrons. The van der Waals surface area contributed by atoms with Crippen LogP contribution < -0.4 is 15.8 Å². The molecule has 1 atom stereocenters. The second-order valence-corrected chi connectivity index (χ2v) is 7.00. The van der Waals surface area contributed by atoms with Gasteiger partial charge in [0, 0.05) is 31.2 Å². The summed E-state index contributed by atoms with van der Waals surface area (Å²) in [7, 11) is 0. The molecule has 0 unspecified atom stereocenters. The van der Waals surface area contributed by atoms with Crippen molar-refractivity contribution in [3.05, 3.63) is 71.9 Å². The largest absolute Gasteiger partial charge is 0.493 e. The predicted octanol–water partition coefficient (Wildman–Crippen LogP) is 3.01. The maximum absolute atomic E-state index is 11.4. The Bertz CT molecular complexity index is 936. The minimum absolute atomic E-state index is 0.334. The number of amides is 1. The highest BCUT2D eigenvalue weighted by molar-refractivity contribution is 5.95. The summed E-state index contributed by atoms with van der Waals surface area (Å²) >= 11 is 0. The minimum atomic E-state index is -0.474. The Kier molecular flexibility index (Phi) is 6.97. The van der Waals surface area contributed by atoms with Gasteiger partial charge in [-0.1, -0.05) is 18.2 Å². The molecular formula is C22H27N5O2. The molecule has 1 amide bonds. The van der Waals surface area contributed by atoms with E-state index in [0.717, 1.165) is 36.6 Å². The van der Waals surface area contributed by atoms with E-state index in [1.807, 2.05) is 36.0 Å². The molecule has 0 fully saturated rings. The summed E-state index contributed by atoms with van der Waals surface area (Å²) in [6.07, 6.45) is 7.39. The van der Waals surface area contributed by atoms with Gasteiger partial charge in [-0.15, -0.1) is 0 Å². The van der Waals surface area contributed by atoms with Crippen molar-refractivity contribution in [3.8, 4) is 11.6 Å². The van der Waals surface area contributed by atoms with E-state index in [9.17, 15) is 4.79 Å². The minimum Gasteiger partial charge on any atom is -0.493 e. The Hall–Kier alpha value is -3.19. The fourth-order valence-corrected chi connectivity index (χ4v) is 3.05. The summed E-state index contributed by atoms with van der Waals surface area (Å²) in [5.41, 5.74) is 6.91. The van der Waals surface area contributed by atoms with Gasteiger partial charge in [-0.2, -0.15) is 0 Å². The van der Waals surface area contributed by atoms with Gasteiger partial charge >= 0.3 is 0 Å². The molecule has 2 aromatic heterocycles. The lowest BCUT2D eigenvalue weighted by Gasteiger charge is -2.15. The third-order valence-corrected chi connectivity index (χ3v) is 4.73. The topological polar surface area (TPSA) is 95.1 Å². The number of primary amides is 1. The molecule has 0 radical (unpaired) electrons. The number of imidazole rings is 1. The molecule has 7 nitrogen and oxygen atoms in total. The number of ether oxygens (including phenoxy) is 1. The number of pyridine rings is 1. The van der Waals surface area contributed by atoms with Crippen molar-refractivity contribution in [2.24, 2.45) is 5.73 Å². The van der Waals surface area contributed by atoms with E-state index in [1.165, 1.54) is 0 Å². The maximum atomic E-state index is 11.4. The van der Waals surface area contributed by atoms with Crippen LogP contribution in [0.3, 0.4) is 0 Å². The first-order valence-electron chi connectivity index (χ1n) is 9.75. The number of carbonyl (C=O) groups excluding carboxylic acids is 1. The molecule has 0 saturated heterocycles. The van der Waals surface area contributed by atoms with Crippen molar-refractivity contribution in [1.29, 1.82) is 0 Å². The van der Waals surface area contributed by atoms with E-state index >= 15 is 0 Å². The molecule has 0 aliphatic heterocycles. The van der Waals surface area contributed by atoms with Crippen LogP contribution in [0.4, 0.5) is 0 Å². The van der Waals surface area contributed by atoms with E-state index in [0.29, 0.717) is 24.0 Å². The summed E-state index contributed by atoms with van der Waals surface area (Å²) in [5.74, 6) is 1.85. The lowest BCUT2D eigenvalue weighted by molar-refractivity contribution is 0.0996. The summed E-state index contributed by atoms with van der Waals surface area (Å²) in [5, 5.41) is 3.50. The average Bonchev–Trinajstić information content (AvgIpc) is 3.16. The van der Waals surface area contributed by atoms with Crippen molar-refractivity contribution < 1.29 is 9.53 Å². The van der Waals surface area contributed by atoms with Gasteiger partial charge in [0.05, 0.1) is 12.2 Å². The van der Waals surface area contributed by atoms with Gasteiger partial charge in [0.1, 0.15) is 17.4 Å². The molecule has 0 aliphatic rings. The molecule has 0 spiro atoms. The Morgan fingerprint density at radius 3 is 2.76 bits per heavy atom. The molecule has 3 rings (SSSR count). The van der Waals surface area contributed by atoms with Crippen LogP contribution in [0.5, 0.6) is 5.75 Å². The fraction of sp³-hybridized carbons (Fsp3) is 0.318. The van der Waals surface area contributed by atoms with Crippen molar-refractivity contribution in [2.45, 2.75) is 39.3 Å². The maximum Gasteiger partial charge on any atom is 0.252 e. The number of hydrogen-bond acceptors (Lipinski definition) is 5. The quantitative estimate of drug-likeness (QED) is 0.516. The van der Waals surface area contributed by atoms with Crippen molar-refractivity contribution in [1.82, 2.24) is 19.9 Å². The van der Waals surface area contributed by atoms with Gasteiger partial charge in [0.2, 0.25) is 0 Å². The molecule has 7 heteroatoms. The fourth-order valence-electron chi connectivity index (χ4n) is 3.05. The molecule has 3 N–H and O–H groups in total. The number of nitrogens with two attached hydrogens (primary N) is 1. The lowest BCUT2D eigenvalue weighted by atomic mass is 10.1. The second kappa shape index (κ2) is 9.84. The molecule has 0 bridgehead atoms. The van der Waals surface area contributed by atoms with Crippen LogP contribution in [0.15, 0.2) is 55.0 Å². The monoisotopic (exact) mass is 393 g/mol. The number of aromatic nitrogens is 3. The SMILES string of the molecule is Cc1nccn1-c1ccc(CN[C@H](C)CCCOc2ccccc2C(N)=O)cn1. The number of nitrogens with zero attached hydrogens (tertiary/aromatic N) is 3. The highest BCUT2D eigenvalue weighted by Crippen LogP contribution is 2.17. The van der Waals surface area contributed by atoms with Gasteiger partial charge in [-0.05, 0) is 50.5 Å². The van der Waals surface area contributed by atoms with Crippen LogP contribution in [0.1, 0.15) is 41.5 Å². The van der Waals surface area contributed by atoms with Crippen molar-refractivity contribution in [2.75, 3.05) is 6.61 Å². The Labute approximate surface area is 170 Å². The number of carbonyl (C=O) groups is 1. The zero-order valence-corrected chi connectivity index (χ0v) is 16.8. The zero-order valence-electron chi connectivity index (χ0n) is 16.8. The van der Waals surface area contributed by atoms with E-state index in [-0.39, 0.29) is 0 Å². The van der Waals surface area contributed by atoms with E-state index in [1.54, 1.807) is 24.4 Å². The molecule has 0 saturated carbocycles. The Balaban J connectivity index is 1.40. The van der Waals surface area contributed by atoms with E-state index < -0.39 is 5.91 Å². The summed E-state index contributed by atoms with van der Waals surface area (Å²) in [6.45, 7) is 5.39. The average molecular weight is 393 g/mol. The number of para-hydroxylation sites is 1. The van der Waals surface area contributed by atoms with Crippen LogP contribution in [-0.4, -0.2) is 33.1 Å². The van der Waals surface area contributed by atoms with Gasteiger partial charge < -0.3 is 15.8 Å². The molecular weight excluding hydrogens is 366 g/mol. The van der Waals surface area contributed by atoms with Crippen LogP contribution in [0.2, 0.25) is 0 Å². The molecule has 29 heavy (non-hydrogen) atoms. The number of hydrogen-bond donors (Lipinski definition) is 2. The predicted molar refractivity (Wildman–Crippen MR) is 112 cm³/mol. The summed E-state index contributed by atoms with van der Waals surface area (Å²) < 4.78 is 7.68. The molecule has 0 aliphatic carbocycles. The Morgan fingerprint density at radius 2 is 2.07 bits per heavy atom.